The summed E-state index contributed by atoms with van der Waals surface area (Å²) in [4.78, 5) is 0. The topological polar surface area (TPSA) is 12.0 Å². The Morgan fingerprint density at radius 3 is 2.33 bits per heavy atom. The normalized spacial score (nSPS) is 44.8. The zero-order chi connectivity index (χ0) is 8.77. The quantitative estimate of drug-likeness (QED) is 0.708. The van der Waals surface area contributed by atoms with Crippen molar-refractivity contribution in [1.82, 2.24) is 5.32 Å². The van der Waals surface area contributed by atoms with Crippen molar-refractivity contribution in [3.8, 4) is 0 Å². The van der Waals surface area contributed by atoms with Crippen LogP contribution in [0.3, 0.4) is 0 Å². The highest BCUT2D eigenvalue weighted by molar-refractivity contribution is 8.02. The van der Waals surface area contributed by atoms with Crippen LogP contribution in [0, 0.1) is 5.92 Å². The van der Waals surface area contributed by atoms with Gasteiger partial charge in [0.1, 0.15) is 0 Å². The van der Waals surface area contributed by atoms with Gasteiger partial charge in [0.05, 0.1) is 0 Å². The summed E-state index contributed by atoms with van der Waals surface area (Å²) in [6.45, 7) is 7.06. The van der Waals surface area contributed by atoms with Gasteiger partial charge in [-0.05, 0) is 32.6 Å². The molecule has 1 heterocycles. The van der Waals surface area contributed by atoms with Gasteiger partial charge >= 0.3 is 0 Å². The Morgan fingerprint density at radius 2 is 2.08 bits per heavy atom. The van der Waals surface area contributed by atoms with E-state index in [-0.39, 0.29) is 0 Å². The predicted octanol–water partition coefficient (Wildman–Crippen LogP) is 2.27. The summed E-state index contributed by atoms with van der Waals surface area (Å²) >= 11 is 2.09. The summed E-state index contributed by atoms with van der Waals surface area (Å²) in [5.41, 5.74) is 0. The van der Waals surface area contributed by atoms with E-state index in [0.717, 1.165) is 18.0 Å². The molecule has 1 aliphatic carbocycles. The molecule has 2 aliphatic rings. The summed E-state index contributed by atoms with van der Waals surface area (Å²) in [5, 5.41) is 3.77. The first-order valence-electron chi connectivity index (χ1n) is 4.99. The molecule has 0 amide bonds. The van der Waals surface area contributed by atoms with Gasteiger partial charge in [0.2, 0.25) is 0 Å². The second kappa shape index (κ2) is 2.91. The molecule has 1 nitrogen and oxygen atoms in total. The average molecular weight is 185 g/mol. The molecule has 0 aromatic rings. The molecule has 2 rings (SSSR count). The lowest BCUT2D eigenvalue weighted by atomic mass is 9.80. The van der Waals surface area contributed by atoms with Crippen LogP contribution in [0.25, 0.3) is 0 Å². The largest absolute Gasteiger partial charge is 0.309 e. The number of thioether (sulfide) groups is 1. The number of nitrogens with one attached hydrogen (secondary N) is 1. The van der Waals surface area contributed by atoms with Crippen LogP contribution in [0.4, 0.5) is 0 Å². The van der Waals surface area contributed by atoms with E-state index in [4.69, 9.17) is 0 Å². The molecular weight excluding hydrogens is 166 g/mol. The zero-order valence-corrected chi connectivity index (χ0v) is 9.08. The second-order valence-corrected chi connectivity index (χ2v) is 6.47. The number of hydrogen-bond acceptors (Lipinski definition) is 2. The van der Waals surface area contributed by atoms with Crippen LogP contribution in [-0.4, -0.2) is 22.6 Å². The lowest BCUT2D eigenvalue weighted by Crippen LogP contribution is -2.60. The third-order valence-electron chi connectivity index (χ3n) is 3.50. The Kier molecular flexibility index (Phi) is 2.16. The Labute approximate surface area is 79.7 Å². The van der Waals surface area contributed by atoms with E-state index in [1.807, 2.05) is 0 Å². The van der Waals surface area contributed by atoms with Gasteiger partial charge in [-0.1, -0.05) is 6.92 Å². The van der Waals surface area contributed by atoms with E-state index in [0.29, 0.717) is 4.75 Å². The van der Waals surface area contributed by atoms with Gasteiger partial charge in [-0.3, -0.25) is 0 Å². The summed E-state index contributed by atoms with van der Waals surface area (Å²) in [6.07, 6.45) is 2.83. The fourth-order valence-corrected chi connectivity index (χ4v) is 3.09. The first-order valence-corrected chi connectivity index (χ1v) is 5.98. The van der Waals surface area contributed by atoms with Crippen molar-refractivity contribution in [1.29, 1.82) is 0 Å². The van der Waals surface area contributed by atoms with Crippen molar-refractivity contribution < 1.29 is 0 Å². The summed E-state index contributed by atoms with van der Waals surface area (Å²) in [5.74, 6) is 2.24. The molecule has 2 heteroatoms. The predicted molar refractivity (Wildman–Crippen MR) is 55.6 cm³/mol. The monoisotopic (exact) mass is 185 g/mol. The summed E-state index contributed by atoms with van der Waals surface area (Å²) in [6, 6.07) is 1.60. The first-order chi connectivity index (χ1) is 5.59. The van der Waals surface area contributed by atoms with Gasteiger partial charge in [0.25, 0.3) is 0 Å². The highest BCUT2D eigenvalue weighted by Gasteiger charge is 2.42. The Hall–Kier alpha value is 0.310. The Balaban J connectivity index is 1.80. The SMILES string of the molecule is CC1CCC1NC1CSC1(C)C. The van der Waals surface area contributed by atoms with E-state index in [2.05, 4.69) is 37.8 Å². The number of hydrogen-bond donors (Lipinski definition) is 1. The average Bonchev–Trinajstić information content (AvgIpc) is 2.00. The molecule has 2 fully saturated rings. The van der Waals surface area contributed by atoms with Crippen molar-refractivity contribution in [3.05, 3.63) is 0 Å². The van der Waals surface area contributed by atoms with Gasteiger partial charge < -0.3 is 5.32 Å². The van der Waals surface area contributed by atoms with Gasteiger partial charge in [0.15, 0.2) is 0 Å². The van der Waals surface area contributed by atoms with Crippen LogP contribution in [0.2, 0.25) is 0 Å². The Bertz CT molecular complexity index is 179. The summed E-state index contributed by atoms with van der Waals surface area (Å²) in [7, 11) is 0. The molecule has 1 N–H and O–H groups in total. The third kappa shape index (κ3) is 1.39. The van der Waals surface area contributed by atoms with Crippen molar-refractivity contribution in [2.24, 2.45) is 5.92 Å². The second-order valence-electron chi connectivity index (χ2n) is 4.79. The van der Waals surface area contributed by atoms with Crippen LogP contribution in [0.1, 0.15) is 33.6 Å². The molecule has 70 valence electrons. The van der Waals surface area contributed by atoms with E-state index in [1.54, 1.807) is 0 Å². The highest BCUT2D eigenvalue weighted by atomic mass is 32.2. The smallest absolute Gasteiger partial charge is 0.0302 e. The fourth-order valence-electron chi connectivity index (χ4n) is 1.92. The van der Waals surface area contributed by atoms with Crippen molar-refractivity contribution >= 4 is 11.8 Å². The minimum absolute atomic E-state index is 0.495. The molecule has 0 spiro atoms. The number of rotatable bonds is 2. The first kappa shape index (κ1) is 8.89. The van der Waals surface area contributed by atoms with E-state index in [9.17, 15) is 0 Å². The molecular formula is C10H19NS. The molecule has 0 aromatic carbocycles. The molecule has 0 bridgehead atoms. The van der Waals surface area contributed by atoms with Gasteiger partial charge in [-0.25, -0.2) is 0 Å². The molecule has 12 heavy (non-hydrogen) atoms. The van der Waals surface area contributed by atoms with Crippen LogP contribution >= 0.6 is 11.8 Å². The standard InChI is InChI=1S/C10H19NS/c1-7-4-5-8(7)11-9-6-12-10(9,2)3/h7-9,11H,4-6H2,1-3H3. The highest BCUT2D eigenvalue weighted by Crippen LogP contribution is 2.41. The third-order valence-corrected chi connectivity index (χ3v) is 5.02. The molecule has 1 aliphatic heterocycles. The van der Waals surface area contributed by atoms with E-state index >= 15 is 0 Å². The van der Waals surface area contributed by atoms with Crippen molar-refractivity contribution in [3.63, 3.8) is 0 Å². The van der Waals surface area contributed by atoms with Crippen LogP contribution in [0.15, 0.2) is 0 Å². The lowest BCUT2D eigenvalue weighted by molar-refractivity contribution is 0.200. The maximum absolute atomic E-state index is 3.77. The van der Waals surface area contributed by atoms with E-state index in [1.165, 1.54) is 18.6 Å². The molecule has 1 saturated carbocycles. The maximum atomic E-state index is 3.77. The summed E-state index contributed by atoms with van der Waals surface area (Å²) < 4.78 is 0.495. The van der Waals surface area contributed by atoms with Crippen LogP contribution < -0.4 is 5.32 Å². The van der Waals surface area contributed by atoms with E-state index < -0.39 is 0 Å². The minimum atomic E-state index is 0.495. The Morgan fingerprint density at radius 1 is 1.33 bits per heavy atom. The van der Waals surface area contributed by atoms with Gasteiger partial charge in [-0.2, -0.15) is 11.8 Å². The van der Waals surface area contributed by atoms with Gasteiger partial charge in [-0.15, -0.1) is 0 Å². The minimum Gasteiger partial charge on any atom is -0.309 e. The maximum Gasteiger partial charge on any atom is 0.0302 e. The zero-order valence-electron chi connectivity index (χ0n) is 8.26. The fraction of sp³-hybridized carbons (Fsp3) is 1.00. The molecule has 0 radical (unpaired) electrons. The molecule has 3 unspecified atom stereocenters. The molecule has 1 saturated heterocycles. The van der Waals surface area contributed by atoms with Crippen LogP contribution in [0.5, 0.6) is 0 Å². The lowest BCUT2D eigenvalue weighted by Gasteiger charge is -2.49. The van der Waals surface area contributed by atoms with Crippen molar-refractivity contribution in [2.75, 3.05) is 5.75 Å². The molecule has 0 aromatic heterocycles. The molecule has 3 atom stereocenters. The van der Waals surface area contributed by atoms with Gasteiger partial charge in [0, 0.05) is 22.6 Å². The van der Waals surface area contributed by atoms with Crippen molar-refractivity contribution in [2.45, 2.75) is 50.4 Å². The van der Waals surface area contributed by atoms with Crippen LogP contribution in [-0.2, 0) is 0 Å².